The first-order valence-electron chi connectivity index (χ1n) is 8.55. The number of para-hydroxylation sites is 1. The Balaban J connectivity index is 2.09. The monoisotopic (exact) mass is 372 g/mol. The number of amides is 1. The number of carbonyl (C=O) groups excluding carboxylic acids is 1. The minimum absolute atomic E-state index is 0.270. The smallest absolute Gasteiger partial charge is 0.267 e. The largest absolute Gasteiger partial charge is 0.506 e. The predicted octanol–water partition coefficient (Wildman–Crippen LogP) is 3.17. The third-order valence-corrected chi connectivity index (χ3v) is 5.08. The summed E-state index contributed by atoms with van der Waals surface area (Å²) in [6.07, 6.45) is 2.42. The number of anilines is 1. The minimum atomic E-state index is -0.678. The van der Waals surface area contributed by atoms with E-state index >= 15 is 0 Å². The maximum Gasteiger partial charge on any atom is 0.267 e. The highest BCUT2D eigenvalue weighted by atomic mass is 32.1. The average Bonchev–Trinajstić information content (AvgIpc) is 3.09. The van der Waals surface area contributed by atoms with Crippen molar-refractivity contribution in [2.45, 2.75) is 39.7 Å². The van der Waals surface area contributed by atoms with Crippen LogP contribution in [0.25, 0.3) is 10.9 Å². The molecular weight excluding hydrogens is 352 g/mol. The minimum Gasteiger partial charge on any atom is -0.506 e. The van der Waals surface area contributed by atoms with E-state index in [2.05, 4.69) is 15.5 Å². The second kappa shape index (κ2) is 7.65. The van der Waals surface area contributed by atoms with Crippen molar-refractivity contribution in [1.82, 2.24) is 14.8 Å². The first kappa shape index (κ1) is 18.1. The van der Waals surface area contributed by atoms with E-state index in [-0.39, 0.29) is 11.3 Å². The summed E-state index contributed by atoms with van der Waals surface area (Å²) in [6, 6.07) is 7.03. The van der Waals surface area contributed by atoms with E-state index in [9.17, 15) is 14.7 Å². The van der Waals surface area contributed by atoms with Crippen LogP contribution >= 0.6 is 11.3 Å². The van der Waals surface area contributed by atoms with Gasteiger partial charge in [-0.3, -0.25) is 14.9 Å². The second-order valence-electron chi connectivity index (χ2n) is 5.86. The topological polar surface area (TPSA) is 97.1 Å². The molecule has 0 atom stereocenters. The molecule has 0 aliphatic heterocycles. The molecule has 1 aromatic carbocycles. The highest BCUT2D eigenvalue weighted by Gasteiger charge is 2.23. The lowest BCUT2D eigenvalue weighted by Gasteiger charge is -2.14. The maximum absolute atomic E-state index is 12.9. The number of unbranched alkanes of at least 4 members (excludes halogenated alkanes) is 1. The molecule has 3 rings (SSSR count). The van der Waals surface area contributed by atoms with Crippen LogP contribution in [0.2, 0.25) is 0 Å². The number of fused-ring (bicyclic) bond motifs is 1. The molecule has 0 bridgehead atoms. The van der Waals surface area contributed by atoms with Gasteiger partial charge in [-0.05, 0) is 25.0 Å². The summed E-state index contributed by atoms with van der Waals surface area (Å²) in [5.41, 5.74) is -0.162. The summed E-state index contributed by atoms with van der Waals surface area (Å²) < 4.78 is 1.55. The van der Waals surface area contributed by atoms with Crippen LogP contribution in [0.4, 0.5) is 5.13 Å². The molecule has 0 unspecified atom stereocenters. The number of aryl methyl sites for hydroxylation is 2. The van der Waals surface area contributed by atoms with Gasteiger partial charge in [0.15, 0.2) is 0 Å². The van der Waals surface area contributed by atoms with Crippen molar-refractivity contribution in [2.24, 2.45) is 0 Å². The van der Waals surface area contributed by atoms with Crippen LogP contribution in [0.5, 0.6) is 5.75 Å². The molecule has 3 aromatic rings. The summed E-state index contributed by atoms with van der Waals surface area (Å²) in [7, 11) is 0. The van der Waals surface area contributed by atoms with Gasteiger partial charge in [0.2, 0.25) is 5.13 Å². The normalized spacial score (nSPS) is 11.0. The highest BCUT2D eigenvalue weighted by Crippen LogP contribution is 2.27. The first-order valence-corrected chi connectivity index (χ1v) is 9.36. The molecule has 2 N–H and O–H groups in total. The summed E-state index contributed by atoms with van der Waals surface area (Å²) in [5, 5.41) is 22.5. The number of rotatable bonds is 6. The Bertz CT molecular complexity index is 1010. The molecule has 0 spiro atoms. The van der Waals surface area contributed by atoms with Crippen molar-refractivity contribution in [1.29, 1.82) is 0 Å². The van der Waals surface area contributed by atoms with Gasteiger partial charge in [-0.25, -0.2) is 0 Å². The number of pyridine rings is 1. The number of benzene rings is 1. The van der Waals surface area contributed by atoms with Crippen LogP contribution in [-0.2, 0) is 13.0 Å². The fourth-order valence-electron chi connectivity index (χ4n) is 2.74. The quantitative estimate of drug-likeness (QED) is 0.693. The third kappa shape index (κ3) is 3.32. The van der Waals surface area contributed by atoms with Crippen LogP contribution < -0.4 is 10.9 Å². The van der Waals surface area contributed by atoms with E-state index in [4.69, 9.17) is 0 Å². The molecule has 136 valence electrons. The number of hydrogen-bond donors (Lipinski definition) is 2. The van der Waals surface area contributed by atoms with Crippen LogP contribution in [0.3, 0.4) is 0 Å². The van der Waals surface area contributed by atoms with E-state index in [1.807, 2.05) is 13.8 Å². The summed E-state index contributed by atoms with van der Waals surface area (Å²) in [4.78, 5) is 25.6. The predicted molar refractivity (Wildman–Crippen MR) is 102 cm³/mol. The summed E-state index contributed by atoms with van der Waals surface area (Å²) in [6.45, 7) is 4.45. The number of carbonyl (C=O) groups is 1. The van der Waals surface area contributed by atoms with E-state index in [1.54, 1.807) is 28.8 Å². The third-order valence-electron chi connectivity index (χ3n) is 4.10. The Morgan fingerprint density at radius 3 is 2.73 bits per heavy atom. The van der Waals surface area contributed by atoms with E-state index in [0.717, 1.165) is 17.8 Å². The molecule has 1 amide bonds. The molecule has 2 heterocycles. The summed E-state index contributed by atoms with van der Waals surface area (Å²) >= 11 is 1.24. The van der Waals surface area contributed by atoms with Gasteiger partial charge in [-0.15, -0.1) is 10.2 Å². The standard InChI is InChI=1S/C18H20N4O3S/c1-3-5-10-22-12-9-7-6-8-11(12)15(23)14(17(22)25)16(24)19-18-21-20-13(4-2)26-18/h6-9,23H,3-5,10H2,1-2H3,(H,19,21,24). The molecule has 26 heavy (non-hydrogen) atoms. The molecule has 0 aliphatic rings. The number of aromatic nitrogens is 3. The van der Waals surface area contributed by atoms with Gasteiger partial charge in [0.05, 0.1) is 5.52 Å². The van der Waals surface area contributed by atoms with Crippen molar-refractivity contribution in [2.75, 3.05) is 5.32 Å². The lowest BCUT2D eigenvalue weighted by molar-refractivity contribution is 0.102. The van der Waals surface area contributed by atoms with Crippen molar-refractivity contribution in [3.63, 3.8) is 0 Å². The number of nitrogens with one attached hydrogen (secondary N) is 1. The molecule has 7 nitrogen and oxygen atoms in total. The van der Waals surface area contributed by atoms with Crippen LogP contribution in [-0.4, -0.2) is 25.8 Å². The van der Waals surface area contributed by atoms with Gasteiger partial charge in [0.1, 0.15) is 16.3 Å². The number of nitrogens with zero attached hydrogens (tertiary/aromatic N) is 3. The van der Waals surface area contributed by atoms with Gasteiger partial charge in [0.25, 0.3) is 11.5 Å². The molecule has 0 radical (unpaired) electrons. The lowest BCUT2D eigenvalue weighted by Crippen LogP contribution is -2.30. The Labute approximate surface area is 154 Å². The Morgan fingerprint density at radius 1 is 1.27 bits per heavy atom. The molecule has 0 aliphatic carbocycles. The lowest BCUT2D eigenvalue weighted by atomic mass is 10.1. The molecule has 0 saturated carbocycles. The van der Waals surface area contributed by atoms with Crippen LogP contribution in [0.1, 0.15) is 42.1 Å². The van der Waals surface area contributed by atoms with E-state index < -0.39 is 11.5 Å². The zero-order valence-electron chi connectivity index (χ0n) is 14.7. The zero-order valence-corrected chi connectivity index (χ0v) is 15.5. The van der Waals surface area contributed by atoms with Crippen molar-refractivity contribution < 1.29 is 9.90 Å². The fourth-order valence-corrected chi connectivity index (χ4v) is 3.41. The molecule has 8 heteroatoms. The Morgan fingerprint density at radius 2 is 2.04 bits per heavy atom. The van der Waals surface area contributed by atoms with Gasteiger partial charge in [-0.2, -0.15) is 0 Å². The number of aromatic hydroxyl groups is 1. The van der Waals surface area contributed by atoms with Crippen LogP contribution in [0.15, 0.2) is 29.1 Å². The van der Waals surface area contributed by atoms with Crippen molar-refractivity contribution in [3.05, 3.63) is 45.2 Å². The van der Waals surface area contributed by atoms with Crippen LogP contribution in [0, 0.1) is 0 Å². The first-order chi connectivity index (χ1) is 12.6. The summed E-state index contributed by atoms with van der Waals surface area (Å²) in [5.74, 6) is -0.988. The van der Waals surface area contributed by atoms with Gasteiger partial charge in [0, 0.05) is 11.9 Å². The van der Waals surface area contributed by atoms with Crippen molar-refractivity contribution in [3.8, 4) is 5.75 Å². The highest BCUT2D eigenvalue weighted by molar-refractivity contribution is 7.15. The Kier molecular flexibility index (Phi) is 5.32. The SMILES string of the molecule is CCCCn1c(=O)c(C(=O)Nc2nnc(CC)s2)c(O)c2ccccc21. The zero-order chi connectivity index (χ0) is 18.7. The van der Waals surface area contributed by atoms with Gasteiger partial charge >= 0.3 is 0 Å². The fraction of sp³-hybridized carbons (Fsp3) is 0.333. The van der Waals surface area contributed by atoms with E-state index in [1.165, 1.54) is 11.3 Å². The van der Waals surface area contributed by atoms with Crippen molar-refractivity contribution >= 4 is 33.3 Å². The Hall–Kier alpha value is -2.74. The maximum atomic E-state index is 12.9. The van der Waals surface area contributed by atoms with Gasteiger partial charge < -0.3 is 9.67 Å². The molecule has 0 fully saturated rings. The average molecular weight is 372 g/mol. The van der Waals surface area contributed by atoms with E-state index in [0.29, 0.717) is 29.0 Å². The molecule has 0 saturated heterocycles. The second-order valence-corrected chi connectivity index (χ2v) is 6.92. The molecule has 2 aromatic heterocycles. The molecular formula is C18H20N4O3S. The number of hydrogen-bond acceptors (Lipinski definition) is 6. The van der Waals surface area contributed by atoms with Gasteiger partial charge in [-0.1, -0.05) is 43.7 Å².